The number of ether oxygens (including phenoxy) is 1. The SMILES string of the molecule is COc1cccc(SCc2cnc(Cl)cc2Cl)c1. The van der Waals surface area contributed by atoms with E-state index in [9.17, 15) is 0 Å². The monoisotopic (exact) mass is 299 g/mol. The highest BCUT2D eigenvalue weighted by molar-refractivity contribution is 7.98. The van der Waals surface area contributed by atoms with Gasteiger partial charge in [0.15, 0.2) is 0 Å². The number of aromatic nitrogens is 1. The van der Waals surface area contributed by atoms with E-state index in [-0.39, 0.29) is 0 Å². The molecule has 0 atom stereocenters. The van der Waals surface area contributed by atoms with Crippen LogP contribution in [0, 0.1) is 0 Å². The summed E-state index contributed by atoms with van der Waals surface area (Å²) >= 11 is 13.5. The van der Waals surface area contributed by atoms with Crippen LogP contribution in [0.1, 0.15) is 5.56 Å². The number of halogens is 2. The van der Waals surface area contributed by atoms with Crippen molar-refractivity contribution in [3.63, 3.8) is 0 Å². The van der Waals surface area contributed by atoms with Crippen LogP contribution >= 0.6 is 35.0 Å². The van der Waals surface area contributed by atoms with Gasteiger partial charge in [-0.1, -0.05) is 29.3 Å². The quantitative estimate of drug-likeness (QED) is 0.604. The molecular weight excluding hydrogens is 289 g/mol. The Morgan fingerprint density at radius 2 is 2.11 bits per heavy atom. The molecule has 2 nitrogen and oxygen atoms in total. The van der Waals surface area contributed by atoms with Crippen molar-refractivity contribution < 1.29 is 4.74 Å². The highest BCUT2D eigenvalue weighted by Crippen LogP contribution is 2.29. The van der Waals surface area contributed by atoms with E-state index >= 15 is 0 Å². The van der Waals surface area contributed by atoms with Gasteiger partial charge in [0, 0.05) is 21.9 Å². The van der Waals surface area contributed by atoms with Crippen molar-refractivity contribution in [2.45, 2.75) is 10.6 Å². The zero-order valence-electron chi connectivity index (χ0n) is 9.69. The Morgan fingerprint density at radius 3 is 2.83 bits per heavy atom. The van der Waals surface area contributed by atoms with Gasteiger partial charge >= 0.3 is 0 Å². The fourth-order valence-electron chi connectivity index (χ4n) is 1.39. The van der Waals surface area contributed by atoms with Crippen LogP contribution in [0.2, 0.25) is 10.2 Å². The number of nitrogens with zero attached hydrogens (tertiary/aromatic N) is 1. The average Bonchev–Trinajstić information content (AvgIpc) is 2.38. The second-order valence-electron chi connectivity index (χ2n) is 3.57. The van der Waals surface area contributed by atoms with E-state index in [0.29, 0.717) is 10.2 Å². The second kappa shape index (κ2) is 6.32. The van der Waals surface area contributed by atoms with Crippen molar-refractivity contribution in [1.29, 1.82) is 0 Å². The molecule has 5 heteroatoms. The molecule has 0 N–H and O–H groups in total. The van der Waals surface area contributed by atoms with Crippen LogP contribution in [0.3, 0.4) is 0 Å². The van der Waals surface area contributed by atoms with Crippen LogP contribution in [0.25, 0.3) is 0 Å². The standard InChI is InChI=1S/C13H11Cl2NOS/c1-17-10-3-2-4-11(5-10)18-8-9-7-16-13(15)6-12(9)14/h2-7H,8H2,1H3. The first-order valence-corrected chi connectivity index (χ1v) is 7.00. The molecule has 0 amide bonds. The van der Waals surface area contributed by atoms with Crippen molar-refractivity contribution in [3.8, 4) is 5.75 Å². The highest BCUT2D eigenvalue weighted by atomic mass is 35.5. The maximum Gasteiger partial charge on any atom is 0.130 e. The molecule has 0 radical (unpaired) electrons. The average molecular weight is 300 g/mol. The van der Waals surface area contributed by atoms with Gasteiger partial charge < -0.3 is 4.74 Å². The molecule has 0 fully saturated rings. The third-order valence-corrected chi connectivity index (χ3v) is 3.93. The van der Waals surface area contributed by atoms with Crippen molar-refractivity contribution in [2.24, 2.45) is 0 Å². The van der Waals surface area contributed by atoms with E-state index in [1.807, 2.05) is 24.3 Å². The summed E-state index contributed by atoms with van der Waals surface area (Å²) in [6.07, 6.45) is 1.71. The molecular formula is C13H11Cl2NOS. The maximum atomic E-state index is 6.09. The van der Waals surface area contributed by atoms with Gasteiger partial charge in [-0.2, -0.15) is 0 Å². The molecule has 2 aromatic rings. The molecule has 94 valence electrons. The van der Waals surface area contributed by atoms with E-state index in [4.69, 9.17) is 27.9 Å². The molecule has 18 heavy (non-hydrogen) atoms. The summed E-state index contributed by atoms with van der Waals surface area (Å²) in [5.41, 5.74) is 0.967. The molecule has 0 unspecified atom stereocenters. The number of pyridine rings is 1. The summed E-state index contributed by atoms with van der Waals surface area (Å²) in [7, 11) is 1.66. The number of benzene rings is 1. The summed E-state index contributed by atoms with van der Waals surface area (Å²) in [4.78, 5) is 5.15. The van der Waals surface area contributed by atoms with Gasteiger partial charge in [0.2, 0.25) is 0 Å². The van der Waals surface area contributed by atoms with Crippen molar-refractivity contribution in [2.75, 3.05) is 7.11 Å². The van der Waals surface area contributed by atoms with Crippen molar-refractivity contribution in [3.05, 3.63) is 52.3 Å². The Bertz CT molecular complexity index is 548. The van der Waals surface area contributed by atoms with E-state index < -0.39 is 0 Å². The normalized spacial score (nSPS) is 10.4. The summed E-state index contributed by atoms with van der Waals surface area (Å²) in [6, 6.07) is 9.56. The van der Waals surface area contributed by atoms with Crippen molar-refractivity contribution >= 4 is 35.0 Å². The third-order valence-electron chi connectivity index (χ3n) is 2.33. The minimum atomic E-state index is 0.412. The molecule has 1 aromatic heterocycles. The van der Waals surface area contributed by atoms with Crippen LogP contribution < -0.4 is 4.74 Å². The Kier molecular flexibility index (Phi) is 4.75. The minimum absolute atomic E-state index is 0.412. The second-order valence-corrected chi connectivity index (χ2v) is 5.41. The molecule has 1 heterocycles. The fraction of sp³-hybridized carbons (Fsp3) is 0.154. The largest absolute Gasteiger partial charge is 0.497 e. The first-order chi connectivity index (χ1) is 8.69. The van der Waals surface area contributed by atoms with Crippen LogP contribution in [0.15, 0.2) is 41.4 Å². The summed E-state index contributed by atoms with van der Waals surface area (Å²) < 4.78 is 5.18. The van der Waals surface area contributed by atoms with E-state index in [0.717, 1.165) is 22.0 Å². The van der Waals surface area contributed by atoms with Gasteiger partial charge in [0.1, 0.15) is 10.9 Å². The topological polar surface area (TPSA) is 22.1 Å². The van der Waals surface area contributed by atoms with E-state index in [1.54, 1.807) is 31.1 Å². The smallest absolute Gasteiger partial charge is 0.130 e. The predicted octanol–water partition coefficient (Wildman–Crippen LogP) is 4.69. The lowest BCUT2D eigenvalue weighted by molar-refractivity contribution is 0.413. The Morgan fingerprint density at radius 1 is 1.28 bits per heavy atom. The maximum absolute atomic E-state index is 6.09. The molecule has 0 aliphatic carbocycles. The molecule has 2 rings (SSSR count). The first-order valence-electron chi connectivity index (χ1n) is 5.26. The minimum Gasteiger partial charge on any atom is -0.497 e. The summed E-state index contributed by atoms with van der Waals surface area (Å²) in [5.74, 6) is 1.59. The molecule has 0 saturated carbocycles. The Hall–Kier alpha value is -0.900. The molecule has 1 aromatic carbocycles. The number of hydrogen-bond acceptors (Lipinski definition) is 3. The van der Waals surface area contributed by atoms with Gasteiger partial charge in [-0.25, -0.2) is 4.98 Å². The summed E-state index contributed by atoms with van der Waals surface area (Å²) in [5, 5.41) is 1.06. The molecule has 0 aliphatic rings. The van der Waals surface area contributed by atoms with Gasteiger partial charge in [-0.3, -0.25) is 0 Å². The Labute approximate surface area is 120 Å². The predicted molar refractivity (Wildman–Crippen MR) is 76.8 cm³/mol. The number of methoxy groups -OCH3 is 1. The lowest BCUT2D eigenvalue weighted by Crippen LogP contribution is -1.86. The van der Waals surface area contributed by atoms with Crippen LogP contribution in [0.5, 0.6) is 5.75 Å². The van der Waals surface area contributed by atoms with Gasteiger partial charge in [-0.15, -0.1) is 11.8 Å². The highest BCUT2D eigenvalue weighted by Gasteiger charge is 2.04. The number of thioether (sulfide) groups is 1. The molecule has 0 saturated heterocycles. The molecule has 0 spiro atoms. The zero-order valence-corrected chi connectivity index (χ0v) is 12.0. The van der Waals surface area contributed by atoms with Crippen molar-refractivity contribution in [1.82, 2.24) is 4.98 Å². The number of hydrogen-bond donors (Lipinski definition) is 0. The number of rotatable bonds is 4. The fourth-order valence-corrected chi connectivity index (χ4v) is 2.83. The van der Waals surface area contributed by atoms with Gasteiger partial charge in [0.25, 0.3) is 0 Å². The third kappa shape index (κ3) is 3.55. The van der Waals surface area contributed by atoms with Crippen LogP contribution in [-0.2, 0) is 5.75 Å². The van der Waals surface area contributed by atoms with Gasteiger partial charge in [-0.05, 0) is 29.8 Å². The lowest BCUT2D eigenvalue weighted by atomic mass is 10.3. The summed E-state index contributed by atoms with van der Waals surface area (Å²) in [6.45, 7) is 0. The molecule has 0 bridgehead atoms. The van der Waals surface area contributed by atoms with E-state index in [1.165, 1.54) is 0 Å². The van der Waals surface area contributed by atoms with Crippen LogP contribution in [0.4, 0.5) is 0 Å². The zero-order chi connectivity index (χ0) is 13.0. The first kappa shape index (κ1) is 13.5. The lowest BCUT2D eigenvalue weighted by Gasteiger charge is -2.06. The molecule has 0 aliphatic heterocycles. The Balaban J connectivity index is 2.06. The van der Waals surface area contributed by atoms with E-state index in [2.05, 4.69) is 4.98 Å². The van der Waals surface area contributed by atoms with Crippen LogP contribution in [-0.4, -0.2) is 12.1 Å². The van der Waals surface area contributed by atoms with Gasteiger partial charge in [0.05, 0.1) is 7.11 Å².